The Bertz CT molecular complexity index is 458. The fourth-order valence-corrected chi connectivity index (χ4v) is 4.42. The van der Waals surface area contributed by atoms with Crippen molar-refractivity contribution in [1.82, 2.24) is 9.80 Å². The van der Waals surface area contributed by atoms with Crippen molar-refractivity contribution in [2.75, 3.05) is 32.8 Å². The molecule has 6 nitrogen and oxygen atoms in total. The third-order valence-corrected chi connectivity index (χ3v) is 5.93. The van der Waals surface area contributed by atoms with Crippen molar-refractivity contribution in [2.45, 2.75) is 76.5 Å². The normalized spacial score (nSPS) is 24.3. The first-order valence-corrected chi connectivity index (χ1v) is 9.93. The number of likely N-dealkylation sites (tertiary alicyclic amines) is 1. The third kappa shape index (κ3) is 4.73. The van der Waals surface area contributed by atoms with Crippen LogP contribution in [0.2, 0.25) is 0 Å². The first-order valence-electron chi connectivity index (χ1n) is 9.93. The molecule has 0 bridgehead atoms. The van der Waals surface area contributed by atoms with Crippen LogP contribution in [0.1, 0.15) is 64.7 Å². The average molecular weight is 352 g/mol. The van der Waals surface area contributed by atoms with Crippen molar-refractivity contribution in [2.24, 2.45) is 0 Å². The van der Waals surface area contributed by atoms with Gasteiger partial charge in [0.2, 0.25) is 11.8 Å². The molecule has 0 aromatic carbocycles. The zero-order valence-corrected chi connectivity index (χ0v) is 15.5. The van der Waals surface area contributed by atoms with Gasteiger partial charge in [-0.3, -0.25) is 9.59 Å². The van der Waals surface area contributed by atoms with E-state index in [2.05, 4.69) is 0 Å². The van der Waals surface area contributed by atoms with Crippen molar-refractivity contribution >= 4 is 11.8 Å². The Morgan fingerprint density at radius 3 is 2.20 bits per heavy atom. The molecule has 6 heteroatoms. The van der Waals surface area contributed by atoms with Crippen molar-refractivity contribution in [3.05, 3.63) is 0 Å². The van der Waals surface area contributed by atoms with Gasteiger partial charge in [-0.25, -0.2) is 0 Å². The second kappa shape index (κ2) is 8.49. The maximum Gasteiger partial charge on any atom is 0.224 e. The minimum absolute atomic E-state index is 0.102. The number of carbonyl (C=O) groups is 2. The van der Waals surface area contributed by atoms with Gasteiger partial charge in [-0.2, -0.15) is 0 Å². The number of nitrogens with zero attached hydrogens (tertiary/aromatic N) is 2. The molecular weight excluding hydrogens is 320 g/mol. The lowest BCUT2D eigenvalue weighted by Crippen LogP contribution is -2.48. The van der Waals surface area contributed by atoms with E-state index in [1.807, 2.05) is 9.80 Å². The van der Waals surface area contributed by atoms with Crippen LogP contribution >= 0.6 is 0 Å². The van der Waals surface area contributed by atoms with Gasteiger partial charge in [0.1, 0.15) is 0 Å². The Morgan fingerprint density at radius 2 is 1.64 bits per heavy atom. The van der Waals surface area contributed by atoms with E-state index in [-0.39, 0.29) is 11.8 Å². The zero-order chi connectivity index (χ0) is 17.7. The second-order valence-electron chi connectivity index (χ2n) is 7.60. The summed E-state index contributed by atoms with van der Waals surface area (Å²) in [7, 11) is 0. The van der Waals surface area contributed by atoms with Crippen LogP contribution in [0.3, 0.4) is 0 Å². The summed E-state index contributed by atoms with van der Waals surface area (Å²) in [5, 5.41) is 0. The lowest BCUT2D eigenvalue weighted by Gasteiger charge is -2.38. The van der Waals surface area contributed by atoms with Crippen LogP contribution in [0.25, 0.3) is 0 Å². The van der Waals surface area contributed by atoms with Crippen molar-refractivity contribution in [1.29, 1.82) is 0 Å². The topological polar surface area (TPSA) is 59.1 Å². The molecule has 0 N–H and O–H groups in total. The SMILES string of the molecule is CC(=O)N(CCC(=O)N1CCC2(CC1)OCCO2)C1CCCCCC1. The van der Waals surface area contributed by atoms with Gasteiger partial charge in [-0.05, 0) is 12.8 Å². The largest absolute Gasteiger partial charge is 0.347 e. The minimum Gasteiger partial charge on any atom is -0.347 e. The van der Waals surface area contributed by atoms with E-state index in [1.54, 1.807) is 6.92 Å². The van der Waals surface area contributed by atoms with Crippen LogP contribution < -0.4 is 0 Å². The maximum absolute atomic E-state index is 12.6. The Balaban J connectivity index is 1.47. The maximum atomic E-state index is 12.6. The van der Waals surface area contributed by atoms with Gasteiger partial charge < -0.3 is 19.3 Å². The van der Waals surface area contributed by atoms with Crippen LogP contribution in [0.15, 0.2) is 0 Å². The van der Waals surface area contributed by atoms with E-state index in [1.165, 1.54) is 25.7 Å². The summed E-state index contributed by atoms with van der Waals surface area (Å²) in [6.07, 6.45) is 8.98. The fraction of sp³-hybridized carbons (Fsp3) is 0.895. The zero-order valence-electron chi connectivity index (χ0n) is 15.5. The molecule has 0 aromatic rings. The standard InChI is InChI=1S/C19H32N2O4/c1-16(22)21(17-6-4-2-3-5-7-17)11-8-18(23)20-12-9-19(10-13-20)24-14-15-25-19/h17H,2-15H2,1H3. The number of rotatable bonds is 4. The molecule has 0 unspecified atom stereocenters. The van der Waals surface area contributed by atoms with Gasteiger partial charge >= 0.3 is 0 Å². The van der Waals surface area contributed by atoms with E-state index in [9.17, 15) is 9.59 Å². The fourth-order valence-electron chi connectivity index (χ4n) is 4.42. The Kier molecular flexibility index (Phi) is 6.34. The second-order valence-corrected chi connectivity index (χ2v) is 7.60. The van der Waals surface area contributed by atoms with E-state index in [0.717, 1.165) is 25.7 Å². The van der Waals surface area contributed by atoms with Crippen LogP contribution in [0.4, 0.5) is 0 Å². The van der Waals surface area contributed by atoms with Gasteiger partial charge in [0, 0.05) is 51.9 Å². The third-order valence-electron chi connectivity index (χ3n) is 5.93. The molecule has 3 fully saturated rings. The highest BCUT2D eigenvalue weighted by Gasteiger charge is 2.40. The first-order chi connectivity index (χ1) is 12.1. The molecule has 2 aliphatic heterocycles. The van der Waals surface area contributed by atoms with Crippen molar-refractivity contribution in [3.8, 4) is 0 Å². The van der Waals surface area contributed by atoms with E-state index in [4.69, 9.17) is 9.47 Å². The Morgan fingerprint density at radius 1 is 1.04 bits per heavy atom. The lowest BCUT2D eigenvalue weighted by molar-refractivity contribution is -0.187. The molecule has 2 amide bonds. The summed E-state index contributed by atoms with van der Waals surface area (Å²) in [4.78, 5) is 28.5. The highest BCUT2D eigenvalue weighted by atomic mass is 16.7. The number of piperidine rings is 1. The summed E-state index contributed by atoms with van der Waals surface area (Å²) in [5.74, 6) is -0.194. The van der Waals surface area contributed by atoms with Gasteiger partial charge in [0.05, 0.1) is 13.2 Å². The smallest absolute Gasteiger partial charge is 0.224 e. The summed E-state index contributed by atoms with van der Waals surface area (Å²) < 4.78 is 11.4. The summed E-state index contributed by atoms with van der Waals surface area (Å²) in [6.45, 7) is 4.86. The minimum atomic E-state index is -0.442. The van der Waals surface area contributed by atoms with Crippen molar-refractivity contribution < 1.29 is 19.1 Å². The molecule has 3 rings (SSSR count). The number of ether oxygens (including phenoxy) is 2. The van der Waals surface area contributed by atoms with Gasteiger partial charge in [0.15, 0.2) is 5.79 Å². The monoisotopic (exact) mass is 352 g/mol. The molecule has 0 radical (unpaired) electrons. The van der Waals surface area contributed by atoms with Gasteiger partial charge in [-0.1, -0.05) is 25.7 Å². The predicted molar refractivity (Wildman–Crippen MR) is 93.9 cm³/mol. The lowest BCUT2D eigenvalue weighted by atomic mass is 10.0. The molecule has 142 valence electrons. The predicted octanol–water partition coefficient (Wildman–Crippen LogP) is 2.31. The summed E-state index contributed by atoms with van der Waals surface area (Å²) in [5.41, 5.74) is 0. The molecule has 25 heavy (non-hydrogen) atoms. The van der Waals surface area contributed by atoms with Crippen LogP contribution in [0, 0.1) is 0 Å². The summed E-state index contributed by atoms with van der Waals surface area (Å²) in [6, 6.07) is 0.317. The highest BCUT2D eigenvalue weighted by molar-refractivity contribution is 5.78. The molecule has 1 aliphatic carbocycles. The number of hydrogen-bond acceptors (Lipinski definition) is 4. The first kappa shape index (κ1) is 18.6. The molecule has 2 saturated heterocycles. The van der Waals surface area contributed by atoms with Crippen molar-refractivity contribution in [3.63, 3.8) is 0 Å². The van der Waals surface area contributed by atoms with Gasteiger partial charge in [-0.15, -0.1) is 0 Å². The van der Waals surface area contributed by atoms with Gasteiger partial charge in [0.25, 0.3) is 0 Å². The molecule has 1 spiro atoms. The quantitative estimate of drug-likeness (QED) is 0.729. The molecule has 3 aliphatic rings. The van der Waals surface area contributed by atoms with E-state index >= 15 is 0 Å². The Hall–Kier alpha value is -1.14. The molecule has 0 atom stereocenters. The highest BCUT2D eigenvalue weighted by Crippen LogP contribution is 2.31. The van der Waals surface area contributed by atoms with Crippen LogP contribution in [0.5, 0.6) is 0 Å². The number of hydrogen-bond donors (Lipinski definition) is 0. The summed E-state index contributed by atoms with van der Waals surface area (Å²) >= 11 is 0. The van der Waals surface area contributed by atoms with E-state index in [0.29, 0.717) is 45.3 Å². The van der Waals surface area contributed by atoms with E-state index < -0.39 is 5.79 Å². The molecule has 0 aromatic heterocycles. The average Bonchev–Trinajstić information content (AvgIpc) is 2.89. The molecular formula is C19H32N2O4. The number of amides is 2. The van der Waals surface area contributed by atoms with Crippen LogP contribution in [-0.2, 0) is 19.1 Å². The Labute approximate surface area is 150 Å². The molecule has 1 saturated carbocycles. The number of carbonyl (C=O) groups excluding carboxylic acids is 2. The molecule has 2 heterocycles. The van der Waals surface area contributed by atoms with Crippen LogP contribution in [-0.4, -0.2) is 66.3 Å².